The Morgan fingerprint density at radius 2 is 2.11 bits per heavy atom. The Bertz CT molecular complexity index is 517. The zero-order chi connectivity index (χ0) is 13.7. The quantitative estimate of drug-likeness (QED) is 0.783. The van der Waals surface area contributed by atoms with E-state index in [1.54, 1.807) is 37.5 Å². The molecule has 2 rings (SSSR count). The number of nitrogens with zero attached hydrogens (tertiary/aromatic N) is 5. The highest BCUT2D eigenvalue weighted by Crippen LogP contribution is 2.09. The molecule has 0 spiro atoms. The third-order valence-electron chi connectivity index (χ3n) is 2.28. The maximum absolute atomic E-state index is 5.85. The highest BCUT2D eigenvalue weighted by atomic mass is 35.5. The van der Waals surface area contributed by atoms with Gasteiger partial charge in [-0.15, -0.1) is 0 Å². The van der Waals surface area contributed by atoms with Crippen molar-refractivity contribution in [2.45, 2.75) is 6.29 Å². The first kappa shape index (κ1) is 13.7. The highest BCUT2D eigenvalue weighted by Gasteiger charge is 2.09. The number of nitrogens with one attached hydrogen (secondary N) is 1. The van der Waals surface area contributed by atoms with Gasteiger partial charge in [-0.2, -0.15) is 15.0 Å². The van der Waals surface area contributed by atoms with E-state index < -0.39 is 6.29 Å². The Balaban J connectivity index is 2.13. The standard InChI is InChI=1S/C10H13ClN6O2/c1-18-7(19-2)5-13-9-14-8(11)15-10(16-9)17-4-3-12-6-17/h3-4,6-7H,5H2,1-2H3,(H,13,14,15,16). The average molecular weight is 285 g/mol. The summed E-state index contributed by atoms with van der Waals surface area (Å²) < 4.78 is 11.7. The minimum atomic E-state index is -0.396. The van der Waals surface area contributed by atoms with Crippen LogP contribution in [0.2, 0.25) is 5.28 Å². The van der Waals surface area contributed by atoms with Crippen molar-refractivity contribution in [2.24, 2.45) is 0 Å². The van der Waals surface area contributed by atoms with Gasteiger partial charge in [0.15, 0.2) is 6.29 Å². The molecule has 0 amide bonds. The SMILES string of the molecule is COC(CNc1nc(Cl)nc(-n2ccnc2)n1)OC. The highest BCUT2D eigenvalue weighted by molar-refractivity contribution is 6.28. The number of imidazole rings is 1. The first-order chi connectivity index (χ1) is 9.22. The molecule has 0 saturated carbocycles. The van der Waals surface area contributed by atoms with Crippen molar-refractivity contribution in [1.82, 2.24) is 24.5 Å². The Morgan fingerprint density at radius 1 is 1.32 bits per heavy atom. The van der Waals surface area contributed by atoms with Crippen LogP contribution in [0.1, 0.15) is 0 Å². The summed E-state index contributed by atoms with van der Waals surface area (Å²) in [5.41, 5.74) is 0. The van der Waals surface area contributed by atoms with Crippen molar-refractivity contribution >= 4 is 17.5 Å². The molecule has 0 aliphatic heterocycles. The molecule has 0 atom stereocenters. The van der Waals surface area contributed by atoms with E-state index in [-0.39, 0.29) is 5.28 Å². The van der Waals surface area contributed by atoms with Gasteiger partial charge in [0, 0.05) is 26.6 Å². The molecule has 1 N–H and O–H groups in total. The van der Waals surface area contributed by atoms with E-state index in [4.69, 9.17) is 21.1 Å². The van der Waals surface area contributed by atoms with Gasteiger partial charge in [0.2, 0.25) is 17.2 Å². The van der Waals surface area contributed by atoms with Gasteiger partial charge in [-0.3, -0.25) is 4.57 Å². The van der Waals surface area contributed by atoms with Gasteiger partial charge in [0.05, 0.1) is 6.54 Å². The van der Waals surface area contributed by atoms with Crippen LogP contribution >= 0.6 is 11.6 Å². The molecule has 0 aliphatic rings. The van der Waals surface area contributed by atoms with Crippen molar-refractivity contribution in [3.05, 3.63) is 24.0 Å². The molecule has 2 heterocycles. The minimum absolute atomic E-state index is 0.0904. The van der Waals surface area contributed by atoms with E-state index in [2.05, 4.69) is 25.3 Å². The van der Waals surface area contributed by atoms with Crippen molar-refractivity contribution in [1.29, 1.82) is 0 Å². The van der Waals surface area contributed by atoms with Gasteiger partial charge in [-0.1, -0.05) is 0 Å². The van der Waals surface area contributed by atoms with Crippen LogP contribution in [0.25, 0.3) is 5.95 Å². The van der Waals surface area contributed by atoms with Crippen LogP contribution in [0, 0.1) is 0 Å². The smallest absolute Gasteiger partial charge is 0.241 e. The second-order valence-corrected chi connectivity index (χ2v) is 3.82. The second-order valence-electron chi connectivity index (χ2n) is 3.48. The maximum atomic E-state index is 5.85. The molecule has 2 aromatic rings. The van der Waals surface area contributed by atoms with Crippen LogP contribution in [0.5, 0.6) is 0 Å². The summed E-state index contributed by atoms with van der Waals surface area (Å²) in [6.45, 7) is 0.386. The molecule has 0 fully saturated rings. The molecule has 9 heteroatoms. The fraction of sp³-hybridized carbons (Fsp3) is 0.400. The number of aromatic nitrogens is 5. The van der Waals surface area contributed by atoms with Crippen LogP contribution in [0.15, 0.2) is 18.7 Å². The molecule has 2 aromatic heterocycles. The van der Waals surface area contributed by atoms with Gasteiger partial charge in [0.25, 0.3) is 0 Å². The number of hydrogen-bond donors (Lipinski definition) is 1. The number of halogens is 1. The van der Waals surface area contributed by atoms with Crippen LogP contribution in [-0.4, -0.2) is 51.6 Å². The van der Waals surface area contributed by atoms with Gasteiger partial charge >= 0.3 is 0 Å². The Kier molecular flexibility index (Phi) is 4.61. The van der Waals surface area contributed by atoms with Crippen LogP contribution in [0.3, 0.4) is 0 Å². The number of ether oxygens (including phenoxy) is 2. The summed E-state index contributed by atoms with van der Waals surface area (Å²) in [7, 11) is 3.10. The summed E-state index contributed by atoms with van der Waals surface area (Å²) >= 11 is 5.85. The summed E-state index contributed by atoms with van der Waals surface area (Å²) in [5.74, 6) is 0.717. The van der Waals surface area contributed by atoms with Crippen molar-refractivity contribution in [3.8, 4) is 5.95 Å². The monoisotopic (exact) mass is 284 g/mol. The lowest BCUT2D eigenvalue weighted by Gasteiger charge is -2.14. The molecule has 0 aliphatic carbocycles. The van der Waals surface area contributed by atoms with Crippen LogP contribution in [-0.2, 0) is 9.47 Å². The van der Waals surface area contributed by atoms with E-state index in [1.165, 1.54) is 0 Å². The first-order valence-corrected chi connectivity index (χ1v) is 5.80. The van der Waals surface area contributed by atoms with Crippen LogP contribution in [0.4, 0.5) is 5.95 Å². The van der Waals surface area contributed by atoms with E-state index in [1.807, 2.05) is 0 Å². The second kappa shape index (κ2) is 6.41. The van der Waals surface area contributed by atoms with E-state index in [0.717, 1.165) is 0 Å². The lowest BCUT2D eigenvalue weighted by molar-refractivity contribution is -0.0914. The predicted octanol–water partition coefficient (Wildman–Crippen LogP) is 0.741. The summed E-state index contributed by atoms with van der Waals surface area (Å²) in [6, 6.07) is 0. The number of anilines is 1. The molecular weight excluding hydrogens is 272 g/mol. The van der Waals surface area contributed by atoms with Crippen molar-refractivity contribution < 1.29 is 9.47 Å². The lowest BCUT2D eigenvalue weighted by atomic mass is 10.6. The Morgan fingerprint density at radius 3 is 2.74 bits per heavy atom. The van der Waals surface area contributed by atoms with E-state index in [0.29, 0.717) is 18.4 Å². The third kappa shape index (κ3) is 3.60. The van der Waals surface area contributed by atoms with E-state index >= 15 is 0 Å². The minimum Gasteiger partial charge on any atom is -0.354 e. The Labute approximate surface area is 114 Å². The van der Waals surface area contributed by atoms with Crippen LogP contribution < -0.4 is 5.32 Å². The van der Waals surface area contributed by atoms with Gasteiger partial charge < -0.3 is 14.8 Å². The van der Waals surface area contributed by atoms with Gasteiger partial charge in [-0.05, 0) is 11.6 Å². The predicted molar refractivity (Wildman–Crippen MR) is 68.3 cm³/mol. The largest absolute Gasteiger partial charge is 0.354 e. The van der Waals surface area contributed by atoms with Gasteiger partial charge in [0.1, 0.15) is 6.33 Å². The number of hydrogen-bond acceptors (Lipinski definition) is 7. The molecule has 0 unspecified atom stereocenters. The Hall–Kier alpha value is -1.77. The molecule has 0 saturated heterocycles. The van der Waals surface area contributed by atoms with Crippen molar-refractivity contribution in [2.75, 3.05) is 26.1 Å². The van der Waals surface area contributed by atoms with E-state index in [9.17, 15) is 0 Å². The molecule has 0 aromatic carbocycles. The lowest BCUT2D eigenvalue weighted by Crippen LogP contribution is -2.24. The maximum Gasteiger partial charge on any atom is 0.241 e. The normalized spacial score (nSPS) is 10.9. The topological polar surface area (TPSA) is 87.0 Å². The summed E-state index contributed by atoms with van der Waals surface area (Å²) in [4.78, 5) is 16.1. The molecule has 102 valence electrons. The number of rotatable bonds is 6. The van der Waals surface area contributed by atoms with Gasteiger partial charge in [-0.25, -0.2) is 4.98 Å². The zero-order valence-corrected chi connectivity index (χ0v) is 11.2. The zero-order valence-electron chi connectivity index (χ0n) is 10.4. The molecule has 19 heavy (non-hydrogen) atoms. The molecular formula is C10H13ClN6O2. The fourth-order valence-corrected chi connectivity index (χ4v) is 1.50. The fourth-order valence-electron chi connectivity index (χ4n) is 1.35. The summed E-state index contributed by atoms with van der Waals surface area (Å²) in [6.07, 6.45) is 4.51. The molecule has 0 bridgehead atoms. The average Bonchev–Trinajstić information content (AvgIpc) is 2.93. The van der Waals surface area contributed by atoms with Crippen molar-refractivity contribution in [3.63, 3.8) is 0 Å². The summed E-state index contributed by atoms with van der Waals surface area (Å²) in [5, 5.41) is 3.05. The number of methoxy groups -OCH3 is 2. The molecule has 8 nitrogen and oxygen atoms in total. The first-order valence-electron chi connectivity index (χ1n) is 5.42. The molecule has 0 radical (unpaired) electrons. The third-order valence-corrected chi connectivity index (χ3v) is 2.45.